The number of alkyl halides is 3. The largest absolute Gasteiger partial charge is 0.413 e. The second-order valence-electron chi connectivity index (χ2n) is 13.9. The van der Waals surface area contributed by atoms with Crippen molar-refractivity contribution in [1.29, 1.82) is 5.26 Å². The molecule has 0 spiro atoms. The number of nitrogens with one attached hydrogen (secondary N) is 4. The molecule has 1 saturated carbocycles. The third-order valence-electron chi connectivity index (χ3n) is 9.42. The summed E-state index contributed by atoms with van der Waals surface area (Å²) in [5.41, 5.74) is 9.39. The highest BCUT2D eigenvalue weighted by atomic mass is 32.1. The van der Waals surface area contributed by atoms with Crippen LogP contribution in [0, 0.1) is 29.1 Å². The maximum Gasteiger partial charge on any atom is 0.413 e. The molecule has 1 atom stereocenters. The number of rotatable bonds is 8. The molecule has 3 aromatic rings. The molecule has 1 aliphatic carbocycles. The summed E-state index contributed by atoms with van der Waals surface area (Å²) in [6.07, 6.45) is 5.48. The van der Waals surface area contributed by atoms with Crippen molar-refractivity contribution >= 4 is 33.6 Å². The average Bonchev–Trinajstić information content (AvgIpc) is 3.51. The zero-order valence-electron chi connectivity index (χ0n) is 26.5. The Labute approximate surface area is 276 Å². The van der Waals surface area contributed by atoms with Gasteiger partial charge in [0.15, 0.2) is 5.54 Å². The van der Waals surface area contributed by atoms with Crippen LogP contribution < -0.4 is 21.6 Å². The van der Waals surface area contributed by atoms with E-state index in [1.807, 2.05) is 6.07 Å². The summed E-state index contributed by atoms with van der Waals surface area (Å²) in [5.74, 6) is 2.72. The van der Waals surface area contributed by atoms with Gasteiger partial charge in [-0.3, -0.25) is 14.9 Å². The van der Waals surface area contributed by atoms with Crippen LogP contribution in [0.15, 0.2) is 35.6 Å². The lowest BCUT2D eigenvalue weighted by molar-refractivity contribution is -0.195. The average molecular weight is 663 g/mol. The van der Waals surface area contributed by atoms with Crippen molar-refractivity contribution < 1.29 is 17.9 Å². The Bertz CT molecular complexity index is 1820. The summed E-state index contributed by atoms with van der Waals surface area (Å²) in [4.78, 5) is 8.23. The summed E-state index contributed by atoms with van der Waals surface area (Å²) in [5, 5.41) is 21.2. The molecule has 0 amide bonds. The molecule has 5 heterocycles. The second-order valence-corrected chi connectivity index (χ2v) is 14.9. The first kappa shape index (κ1) is 31.6. The Hall–Kier alpha value is -4.01. The maximum absolute atomic E-state index is 14.1. The summed E-state index contributed by atoms with van der Waals surface area (Å²) in [7, 11) is 0. The molecule has 0 radical (unpaired) electrons. The van der Waals surface area contributed by atoms with E-state index in [4.69, 9.17) is 11.2 Å². The molecule has 7 rings (SSSR count). The van der Waals surface area contributed by atoms with Crippen molar-refractivity contribution in [2.75, 3.05) is 36.9 Å². The van der Waals surface area contributed by atoms with Gasteiger partial charge in [-0.15, -0.1) is 23.3 Å². The summed E-state index contributed by atoms with van der Waals surface area (Å²) < 4.78 is 47.7. The molecule has 9 nitrogen and oxygen atoms in total. The molecule has 4 aliphatic rings. The molecule has 2 fully saturated rings. The Morgan fingerprint density at radius 2 is 2.02 bits per heavy atom. The number of halogens is 3. The minimum absolute atomic E-state index is 0.0205. The number of nitrogens with zero attached hydrogens (tertiary/aromatic N) is 4. The van der Waals surface area contributed by atoms with E-state index in [9.17, 15) is 18.4 Å². The number of anilines is 2. The third kappa shape index (κ3) is 5.76. The van der Waals surface area contributed by atoms with E-state index in [2.05, 4.69) is 69.6 Å². The standard InChI is InChI=1S/C34H37F3N8OS/c1-5-20-13-39-30-21(12-38)10-22(11-25(30)29(20)40-19-32(2,3)4)41-31(27-14-45(43-42-27)33(7-8-33)34(35,36)37)26-18-47-28-15-44(9-6-24(26)28)23-16-46-17-23/h1,10-11,13-14,18,23,31,41-43H,6-9,15-17,19H2,2-4H3,(H,39,40)/t31-/m0/s1. The number of fused-ring (bicyclic) bond motifs is 2. The predicted octanol–water partition coefficient (Wildman–Crippen LogP) is 5.78. The van der Waals surface area contributed by atoms with E-state index >= 15 is 0 Å². The SMILES string of the molecule is C#Cc1cnc2c(C#N)cc(N[C@H](C3=CN(C4(C(F)(F)F)CC4)NN3)c3csc4c3CCN(C3COC3)C4)cc2c1NCC(C)(C)C. The van der Waals surface area contributed by atoms with Gasteiger partial charge in [-0.25, -0.2) is 0 Å². The summed E-state index contributed by atoms with van der Waals surface area (Å²) in [6.45, 7) is 10.1. The highest BCUT2D eigenvalue weighted by molar-refractivity contribution is 7.10. The fourth-order valence-corrected chi connectivity index (χ4v) is 7.61. The first-order chi connectivity index (χ1) is 22.4. The molecule has 246 valence electrons. The second kappa shape index (κ2) is 11.6. The number of thiophene rings is 1. The van der Waals surface area contributed by atoms with Crippen LogP contribution in [-0.4, -0.2) is 59.0 Å². The Morgan fingerprint density at radius 1 is 1.23 bits per heavy atom. The van der Waals surface area contributed by atoms with Gasteiger partial charge in [0, 0.05) is 48.0 Å². The van der Waals surface area contributed by atoms with Crippen LogP contribution in [0.5, 0.6) is 0 Å². The van der Waals surface area contributed by atoms with Crippen molar-refractivity contribution in [2.45, 2.75) is 70.4 Å². The first-order valence-electron chi connectivity index (χ1n) is 15.7. The monoisotopic (exact) mass is 662 g/mol. The highest BCUT2D eigenvalue weighted by Gasteiger charge is 2.67. The van der Waals surface area contributed by atoms with Crippen molar-refractivity contribution in [2.24, 2.45) is 5.41 Å². The fourth-order valence-electron chi connectivity index (χ4n) is 6.46. The number of nitriles is 1. The van der Waals surface area contributed by atoms with Crippen molar-refractivity contribution in [1.82, 2.24) is 25.9 Å². The molecule has 13 heteroatoms. The zero-order valence-corrected chi connectivity index (χ0v) is 27.3. The molecule has 0 unspecified atom stereocenters. The van der Waals surface area contributed by atoms with Gasteiger partial charge in [0.1, 0.15) is 6.07 Å². The topological polar surface area (TPSA) is 101 Å². The van der Waals surface area contributed by atoms with Gasteiger partial charge in [-0.1, -0.05) is 26.7 Å². The quantitative estimate of drug-likeness (QED) is 0.224. The number of hydrogen-bond acceptors (Lipinski definition) is 10. The van der Waals surface area contributed by atoms with E-state index < -0.39 is 17.8 Å². The number of ether oxygens (including phenoxy) is 1. The van der Waals surface area contributed by atoms with Crippen LogP contribution in [0.1, 0.15) is 66.8 Å². The zero-order chi connectivity index (χ0) is 33.1. The Balaban J connectivity index is 1.30. The van der Waals surface area contributed by atoms with E-state index in [0.717, 1.165) is 43.3 Å². The Kier molecular flexibility index (Phi) is 7.79. The molecule has 0 bridgehead atoms. The van der Waals surface area contributed by atoms with E-state index in [1.165, 1.54) is 16.6 Å². The molecule has 3 aliphatic heterocycles. The van der Waals surface area contributed by atoms with Gasteiger partial charge in [0.25, 0.3) is 0 Å². The van der Waals surface area contributed by atoms with E-state index in [-0.39, 0.29) is 18.3 Å². The minimum Gasteiger partial charge on any atom is -0.383 e. The lowest BCUT2D eigenvalue weighted by Gasteiger charge is -2.39. The number of benzene rings is 1. The molecule has 47 heavy (non-hydrogen) atoms. The summed E-state index contributed by atoms with van der Waals surface area (Å²) in [6, 6.07) is 5.82. The van der Waals surface area contributed by atoms with Crippen LogP contribution in [-0.2, 0) is 17.7 Å². The minimum atomic E-state index is -4.38. The number of hydrogen-bond donors (Lipinski definition) is 4. The Morgan fingerprint density at radius 3 is 2.66 bits per heavy atom. The number of hydrazine groups is 2. The van der Waals surface area contributed by atoms with Gasteiger partial charge < -0.3 is 20.8 Å². The van der Waals surface area contributed by atoms with Gasteiger partial charge >= 0.3 is 6.18 Å². The van der Waals surface area contributed by atoms with Crippen LogP contribution in [0.4, 0.5) is 24.5 Å². The molecular weight excluding hydrogens is 625 g/mol. The van der Waals surface area contributed by atoms with Crippen LogP contribution in [0.3, 0.4) is 0 Å². The molecule has 4 N–H and O–H groups in total. The van der Waals surface area contributed by atoms with Crippen molar-refractivity contribution in [3.05, 3.63) is 62.7 Å². The maximum atomic E-state index is 14.1. The third-order valence-corrected chi connectivity index (χ3v) is 10.5. The van der Waals surface area contributed by atoms with Crippen LogP contribution in [0.25, 0.3) is 10.9 Å². The van der Waals surface area contributed by atoms with Gasteiger partial charge in [0.05, 0.1) is 53.3 Å². The summed E-state index contributed by atoms with van der Waals surface area (Å²) >= 11 is 1.67. The normalized spacial score (nSPS) is 20.0. The highest BCUT2D eigenvalue weighted by Crippen LogP contribution is 2.54. The smallest absolute Gasteiger partial charge is 0.383 e. The van der Waals surface area contributed by atoms with E-state index in [0.29, 0.717) is 51.7 Å². The lowest BCUT2D eigenvalue weighted by Crippen LogP contribution is -2.52. The lowest BCUT2D eigenvalue weighted by atomic mass is 9.95. The van der Waals surface area contributed by atoms with Gasteiger partial charge in [0.2, 0.25) is 0 Å². The van der Waals surface area contributed by atoms with Crippen LogP contribution >= 0.6 is 11.3 Å². The fraction of sp³-hybridized carbons (Fsp3) is 0.471. The molecular formula is C34H37F3N8OS. The first-order valence-corrected chi connectivity index (χ1v) is 16.6. The van der Waals surface area contributed by atoms with Gasteiger partial charge in [-0.05, 0) is 53.3 Å². The number of pyridine rings is 1. The molecule has 1 saturated heterocycles. The molecule has 2 aromatic heterocycles. The number of terminal acetylenes is 1. The predicted molar refractivity (Wildman–Crippen MR) is 176 cm³/mol. The van der Waals surface area contributed by atoms with Crippen molar-refractivity contribution in [3.8, 4) is 18.4 Å². The van der Waals surface area contributed by atoms with Crippen molar-refractivity contribution in [3.63, 3.8) is 0 Å². The molecule has 1 aromatic carbocycles. The van der Waals surface area contributed by atoms with Gasteiger partial charge in [-0.2, -0.15) is 18.4 Å². The number of aromatic nitrogens is 1. The van der Waals surface area contributed by atoms with E-state index in [1.54, 1.807) is 23.6 Å². The van der Waals surface area contributed by atoms with Crippen LogP contribution in [0.2, 0.25) is 0 Å².